The van der Waals surface area contributed by atoms with E-state index in [2.05, 4.69) is 57.9 Å². The Labute approximate surface area is 240 Å². The van der Waals surface area contributed by atoms with Gasteiger partial charge in [0.05, 0.1) is 12.2 Å². The molecule has 1 aliphatic rings. The van der Waals surface area contributed by atoms with E-state index in [-0.39, 0.29) is 6.41 Å². The summed E-state index contributed by atoms with van der Waals surface area (Å²) >= 11 is 0. The van der Waals surface area contributed by atoms with Gasteiger partial charge in [-0.15, -0.1) is 0 Å². The molecule has 0 saturated carbocycles. The molecule has 1 aliphatic heterocycles. The van der Waals surface area contributed by atoms with E-state index < -0.39 is 21.3 Å². The Morgan fingerprint density at radius 3 is 1.88 bits per heavy atom. The van der Waals surface area contributed by atoms with Gasteiger partial charge in [-0.1, -0.05) is 102 Å². The fourth-order valence-corrected chi connectivity index (χ4v) is 3.24. The van der Waals surface area contributed by atoms with Crippen LogP contribution in [-0.4, -0.2) is 36.9 Å². The summed E-state index contributed by atoms with van der Waals surface area (Å²) in [4.78, 5) is 31.6. The highest BCUT2D eigenvalue weighted by molar-refractivity contribution is 7.87. The highest BCUT2D eigenvalue weighted by Gasteiger charge is 2.22. The molecule has 0 aromatic heterocycles. The van der Waals surface area contributed by atoms with Gasteiger partial charge in [-0.25, -0.2) is 0 Å². The van der Waals surface area contributed by atoms with Crippen molar-refractivity contribution < 1.29 is 27.4 Å². The molecule has 2 aromatic rings. The average molecular weight is 576 g/mol. The number of nitrogens with two attached hydrogens (primary N) is 2. The first-order valence-electron chi connectivity index (χ1n) is 13.2. The Balaban J connectivity index is 0. The van der Waals surface area contributed by atoms with Crippen molar-refractivity contribution in [3.05, 3.63) is 65.2 Å². The van der Waals surface area contributed by atoms with E-state index in [4.69, 9.17) is 9.35 Å². The van der Waals surface area contributed by atoms with E-state index in [1.165, 1.54) is 25.7 Å². The summed E-state index contributed by atoms with van der Waals surface area (Å²) in [6.45, 7) is 12.6. The zero-order valence-corrected chi connectivity index (χ0v) is 25.3. The number of hydrogen-bond donors (Lipinski definition) is 3. The van der Waals surface area contributed by atoms with Crippen LogP contribution in [-0.2, 0) is 31.0 Å². The maximum Gasteiger partial charge on any atom is 0.276 e. The first-order chi connectivity index (χ1) is 18.9. The van der Waals surface area contributed by atoms with E-state index in [9.17, 15) is 18.0 Å². The molecule has 0 fully saturated rings. The summed E-state index contributed by atoms with van der Waals surface area (Å²) in [5.74, 6) is 6.20. The lowest BCUT2D eigenvalue weighted by molar-refractivity contribution is -0.117. The second-order valence-corrected chi connectivity index (χ2v) is 10.6. The molecular formula is C30H45N3O6S. The quantitative estimate of drug-likeness (QED) is 0.258. The SMILES string of the molecule is CC(C(N)=O)S(=O)(=O)O.CCC.CCCC(C)CC.NC=O.O=CN1Cc2ccccc2C#Cc2ccccc21. The van der Waals surface area contributed by atoms with Gasteiger partial charge in [0.2, 0.25) is 18.7 Å². The van der Waals surface area contributed by atoms with Gasteiger partial charge in [-0.05, 0) is 36.6 Å². The summed E-state index contributed by atoms with van der Waals surface area (Å²) < 4.78 is 28.2. The number of fused-ring (bicyclic) bond motifs is 2. The number of hydrogen-bond acceptors (Lipinski definition) is 5. The van der Waals surface area contributed by atoms with Crippen LogP contribution in [0, 0.1) is 17.8 Å². The zero-order chi connectivity index (χ0) is 31.1. The molecule has 3 amide bonds. The molecule has 0 spiro atoms. The molecule has 222 valence electrons. The fourth-order valence-electron chi connectivity index (χ4n) is 2.95. The molecule has 0 aliphatic carbocycles. The van der Waals surface area contributed by atoms with Crippen molar-refractivity contribution >= 4 is 34.5 Å². The van der Waals surface area contributed by atoms with Gasteiger partial charge < -0.3 is 16.4 Å². The van der Waals surface area contributed by atoms with E-state index in [1.54, 1.807) is 4.90 Å². The number of anilines is 1. The lowest BCUT2D eigenvalue weighted by atomic mass is 10.0. The van der Waals surface area contributed by atoms with Gasteiger partial charge in [0.1, 0.15) is 0 Å². The minimum Gasteiger partial charge on any atom is -0.372 e. The standard InChI is InChI=1S/C16H11NO.C7H16.C3H7NO4S.C3H8.CH3NO/c18-12-17-11-15-7-2-1-5-13(15)9-10-14-6-3-4-8-16(14)17;1-4-6-7(3)5-2;1-2(3(4)5)9(6,7)8;1-3-2;2-1-3/h1-8,12H,11H2;7H,4-6H2,1-3H3;2H,1H3,(H2,4,5)(H,6,7,8);3H2,1-2H3;1H,(H2,2,3). The van der Waals surface area contributed by atoms with Crippen molar-refractivity contribution in [1.29, 1.82) is 0 Å². The van der Waals surface area contributed by atoms with Crippen LogP contribution in [0.15, 0.2) is 48.5 Å². The Morgan fingerprint density at radius 1 is 1.00 bits per heavy atom. The third kappa shape index (κ3) is 16.3. The molecule has 0 radical (unpaired) electrons. The minimum atomic E-state index is -4.28. The first kappa shape index (κ1) is 38.5. The Kier molecular flexibility index (Phi) is 21.3. The fraction of sp³-hybridized carbons (Fsp3) is 0.433. The molecule has 3 rings (SSSR count). The van der Waals surface area contributed by atoms with Gasteiger partial charge in [0, 0.05) is 11.1 Å². The largest absolute Gasteiger partial charge is 0.372 e. The molecule has 0 saturated heterocycles. The number of primary amides is 2. The monoisotopic (exact) mass is 575 g/mol. The summed E-state index contributed by atoms with van der Waals surface area (Å²) in [5, 5.41) is -1.52. The highest BCUT2D eigenvalue weighted by atomic mass is 32.2. The van der Waals surface area contributed by atoms with E-state index >= 15 is 0 Å². The minimum absolute atomic E-state index is 0.250. The van der Waals surface area contributed by atoms with Gasteiger partial charge in [-0.3, -0.25) is 18.9 Å². The smallest absolute Gasteiger partial charge is 0.276 e. The summed E-state index contributed by atoms with van der Waals surface area (Å²) in [5.41, 5.74) is 12.5. The molecule has 2 unspecified atom stereocenters. The number of benzene rings is 2. The van der Waals surface area contributed by atoms with Gasteiger partial charge in [0.15, 0.2) is 5.25 Å². The average Bonchev–Trinajstić information content (AvgIpc) is 2.91. The van der Waals surface area contributed by atoms with Gasteiger partial charge in [0.25, 0.3) is 10.1 Å². The maximum atomic E-state index is 11.3. The topological polar surface area (TPSA) is 161 Å². The summed E-state index contributed by atoms with van der Waals surface area (Å²) in [6.07, 6.45) is 6.45. The molecule has 2 aromatic carbocycles. The van der Waals surface area contributed by atoms with Gasteiger partial charge >= 0.3 is 0 Å². The van der Waals surface area contributed by atoms with Crippen molar-refractivity contribution in [3.63, 3.8) is 0 Å². The van der Waals surface area contributed by atoms with Crippen molar-refractivity contribution in [3.8, 4) is 11.8 Å². The van der Waals surface area contributed by atoms with Crippen LogP contribution in [0.3, 0.4) is 0 Å². The van der Waals surface area contributed by atoms with Crippen LogP contribution < -0.4 is 16.4 Å². The molecule has 5 N–H and O–H groups in total. The molecule has 40 heavy (non-hydrogen) atoms. The number of para-hydroxylation sites is 1. The van der Waals surface area contributed by atoms with Crippen molar-refractivity contribution in [2.24, 2.45) is 17.4 Å². The Bertz CT molecular complexity index is 1190. The molecule has 2 atom stereocenters. The number of amides is 3. The molecule has 0 bridgehead atoms. The van der Waals surface area contributed by atoms with Crippen LogP contribution in [0.5, 0.6) is 0 Å². The zero-order valence-electron chi connectivity index (χ0n) is 24.5. The summed E-state index contributed by atoms with van der Waals surface area (Å²) in [7, 11) is -4.28. The van der Waals surface area contributed by atoms with Crippen LogP contribution in [0.1, 0.15) is 83.9 Å². The number of nitrogens with zero attached hydrogens (tertiary/aromatic N) is 1. The van der Waals surface area contributed by atoms with Crippen LogP contribution in [0.2, 0.25) is 0 Å². The molecule has 10 heteroatoms. The third-order valence-corrected chi connectivity index (χ3v) is 6.48. The second-order valence-electron chi connectivity index (χ2n) is 8.86. The first-order valence-corrected chi connectivity index (χ1v) is 14.7. The molecule has 1 heterocycles. The lowest BCUT2D eigenvalue weighted by Crippen LogP contribution is -2.32. The number of carbonyl (C=O) groups excluding carboxylic acids is 3. The summed E-state index contributed by atoms with van der Waals surface area (Å²) in [6, 6.07) is 15.6. The third-order valence-electron chi connectivity index (χ3n) is 5.36. The Hall–Kier alpha value is -3.68. The van der Waals surface area contributed by atoms with Gasteiger partial charge in [-0.2, -0.15) is 8.42 Å². The number of rotatable bonds is 6. The predicted molar refractivity (Wildman–Crippen MR) is 162 cm³/mol. The predicted octanol–water partition coefficient (Wildman–Crippen LogP) is 4.66. The molecule has 9 nitrogen and oxygen atoms in total. The molecular weight excluding hydrogens is 530 g/mol. The second kappa shape index (κ2) is 22.2. The van der Waals surface area contributed by atoms with Crippen LogP contribution in [0.4, 0.5) is 5.69 Å². The van der Waals surface area contributed by atoms with E-state index in [1.807, 2.05) is 48.5 Å². The van der Waals surface area contributed by atoms with Crippen molar-refractivity contribution in [1.82, 2.24) is 0 Å². The highest BCUT2D eigenvalue weighted by Crippen LogP contribution is 2.23. The number of carbonyl (C=O) groups is 3. The van der Waals surface area contributed by atoms with Crippen molar-refractivity contribution in [2.75, 3.05) is 4.90 Å². The maximum absolute atomic E-state index is 11.3. The lowest BCUT2D eigenvalue weighted by Gasteiger charge is -2.21. The van der Waals surface area contributed by atoms with Crippen molar-refractivity contribution in [2.45, 2.75) is 79.0 Å². The van der Waals surface area contributed by atoms with E-state index in [0.29, 0.717) is 6.54 Å². The van der Waals surface area contributed by atoms with Crippen LogP contribution >= 0.6 is 0 Å². The Morgan fingerprint density at radius 2 is 1.48 bits per heavy atom. The van der Waals surface area contributed by atoms with Crippen LogP contribution in [0.25, 0.3) is 0 Å². The van der Waals surface area contributed by atoms with E-state index in [0.717, 1.165) is 41.6 Å². The normalized spacial score (nSPS) is 12.1.